The molecule has 1 atom stereocenters. The number of ether oxygens (including phenoxy) is 1. The van der Waals surface area contributed by atoms with Crippen molar-refractivity contribution in [2.24, 2.45) is 4.99 Å². The first kappa shape index (κ1) is 19.1. The van der Waals surface area contributed by atoms with Gasteiger partial charge in [0.05, 0.1) is 5.60 Å². The average Bonchev–Trinajstić information content (AvgIpc) is 2.86. The van der Waals surface area contributed by atoms with Crippen molar-refractivity contribution in [1.29, 1.82) is 0 Å². The molecule has 0 radical (unpaired) electrons. The van der Waals surface area contributed by atoms with Crippen LogP contribution < -0.4 is 10.2 Å². The van der Waals surface area contributed by atoms with Crippen molar-refractivity contribution < 1.29 is 4.74 Å². The Morgan fingerprint density at radius 1 is 1.11 bits per heavy atom. The molecule has 0 amide bonds. The fourth-order valence-electron chi connectivity index (χ4n) is 4.38. The molecule has 0 bridgehead atoms. The van der Waals surface area contributed by atoms with Crippen molar-refractivity contribution in [2.75, 3.05) is 16.8 Å². The molecule has 5 heteroatoms. The number of benzene rings is 2. The van der Waals surface area contributed by atoms with Gasteiger partial charge in [-0.05, 0) is 69.2 Å². The zero-order chi connectivity index (χ0) is 19.9. The Hall–Kier alpha value is -2.24. The third kappa shape index (κ3) is 3.33. The first-order chi connectivity index (χ1) is 13.3. The van der Waals surface area contributed by atoms with Gasteiger partial charge in [0.1, 0.15) is 11.4 Å². The smallest absolute Gasteiger partial charge is 0.202 e. The van der Waals surface area contributed by atoms with Gasteiger partial charge < -0.3 is 15.0 Å². The molecule has 0 aliphatic carbocycles. The standard InChI is InChI=1S/C23H27N3OS/c1-16-8-7-10-18(14-16)26-21(28)25-20(24-19-11-6-5-9-17(19)2)23(26)12-13-27-22(3,4)15-23/h5-11,14H,12-13,15H2,1-4H3,(H,24,25,28)/t23-/m0/s1. The summed E-state index contributed by atoms with van der Waals surface area (Å²) in [7, 11) is 0. The Bertz CT molecular complexity index is 952. The molecule has 4 nitrogen and oxygen atoms in total. The monoisotopic (exact) mass is 393 g/mol. The Balaban J connectivity index is 1.80. The number of thiocarbonyl (C=S) groups is 1. The van der Waals surface area contributed by atoms with Crippen molar-refractivity contribution in [3.8, 4) is 0 Å². The molecule has 2 aliphatic rings. The van der Waals surface area contributed by atoms with Crippen LogP contribution in [-0.2, 0) is 4.74 Å². The van der Waals surface area contributed by atoms with Gasteiger partial charge in [0.15, 0.2) is 0 Å². The summed E-state index contributed by atoms with van der Waals surface area (Å²) in [5.74, 6) is 0.921. The predicted molar refractivity (Wildman–Crippen MR) is 120 cm³/mol. The van der Waals surface area contributed by atoms with E-state index in [4.69, 9.17) is 21.9 Å². The molecule has 28 heavy (non-hydrogen) atoms. The van der Waals surface area contributed by atoms with Crippen molar-refractivity contribution in [2.45, 2.75) is 51.7 Å². The van der Waals surface area contributed by atoms with Gasteiger partial charge in [-0.15, -0.1) is 0 Å². The van der Waals surface area contributed by atoms with Crippen LogP contribution in [0.4, 0.5) is 11.4 Å². The number of nitrogens with zero attached hydrogens (tertiary/aromatic N) is 2. The Morgan fingerprint density at radius 2 is 1.89 bits per heavy atom. The summed E-state index contributed by atoms with van der Waals surface area (Å²) < 4.78 is 6.06. The van der Waals surface area contributed by atoms with Gasteiger partial charge in [-0.1, -0.05) is 30.3 Å². The maximum Gasteiger partial charge on any atom is 0.202 e. The van der Waals surface area contributed by atoms with Crippen molar-refractivity contribution in [3.05, 3.63) is 59.7 Å². The van der Waals surface area contributed by atoms with Crippen molar-refractivity contribution in [3.63, 3.8) is 0 Å². The SMILES string of the molecule is Cc1cccc(N2C(=S)N=C(Nc3ccccc3C)[C@@]23CCOC(C)(C)C3)c1. The highest BCUT2D eigenvalue weighted by atomic mass is 32.1. The topological polar surface area (TPSA) is 36.9 Å². The maximum atomic E-state index is 6.06. The van der Waals surface area contributed by atoms with Gasteiger partial charge in [-0.2, -0.15) is 0 Å². The molecular weight excluding hydrogens is 366 g/mol. The fraction of sp³-hybridized carbons (Fsp3) is 0.391. The normalized spacial score (nSPS) is 23.8. The zero-order valence-corrected chi connectivity index (χ0v) is 17.8. The lowest BCUT2D eigenvalue weighted by Gasteiger charge is -2.48. The highest BCUT2D eigenvalue weighted by Gasteiger charge is 2.53. The Morgan fingerprint density at radius 3 is 2.61 bits per heavy atom. The van der Waals surface area contributed by atoms with E-state index in [0.717, 1.165) is 30.1 Å². The number of aryl methyl sites for hydroxylation is 2. The predicted octanol–water partition coefficient (Wildman–Crippen LogP) is 5.25. The van der Waals surface area contributed by atoms with Crippen LogP contribution in [0.1, 0.15) is 37.8 Å². The van der Waals surface area contributed by atoms with E-state index >= 15 is 0 Å². The van der Waals surface area contributed by atoms with Crippen LogP contribution in [0.2, 0.25) is 0 Å². The summed E-state index contributed by atoms with van der Waals surface area (Å²) in [6.45, 7) is 9.18. The van der Waals surface area contributed by atoms with E-state index in [0.29, 0.717) is 11.7 Å². The quantitative estimate of drug-likeness (QED) is 0.708. The van der Waals surface area contributed by atoms with Crippen LogP contribution in [0.3, 0.4) is 0 Å². The van der Waals surface area contributed by atoms with Crippen LogP contribution >= 0.6 is 12.2 Å². The van der Waals surface area contributed by atoms with Crippen molar-refractivity contribution in [1.82, 2.24) is 0 Å². The van der Waals surface area contributed by atoms with E-state index in [-0.39, 0.29) is 11.1 Å². The minimum absolute atomic E-state index is 0.255. The Labute approximate surface area is 172 Å². The second-order valence-corrected chi connectivity index (χ2v) is 8.79. The number of aliphatic imine (C=N–C) groups is 1. The summed E-state index contributed by atoms with van der Waals surface area (Å²) in [6, 6.07) is 16.8. The molecule has 2 aromatic carbocycles. The lowest BCUT2D eigenvalue weighted by Crippen LogP contribution is -2.60. The summed E-state index contributed by atoms with van der Waals surface area (Å²) in [6.07, 6.45) is 1.65. The molecular formula is C23H27N3OS. The third-order valence-electron chi connectivity index (χ3n) is 5.65. The number of hydrogen-bond acceptors (Lipinski definition) is 3. The summed E-state index contributed by atoms with van der Waals surface area (Å²) in [5.41, 5.74) is 3.96. The minimum Gasteiger partial charge on any atom is -0.375 e. The highest BCUT2D eigenvalue weighted by Crippen LogP contribution is 2.44. The molecule has 2 heterocycles. The summed E-state index contributed by atoms with van der Waals surface area (Å²) >= 11 is 5.78. The van der Waals surface area contributed by atoms with Crippen molar-refractivity contribution >= 4 is 34.5 Å². The number of rotatable bonds is 2. The van der Waals surface area contributed by atoms with Crippen LogP contribution in [0.5, 0.6) is 0 Å². The molecule has 1 N–H and O–H groups in total. The van der Waals surface area contributed by atoms with Gasteiger partial charge in [0, 0.05) is 30.8 Å². The summed E-state index contributed by atoms with van der Waals surface area (Å²) in [4.78, 5) is 7.10. The van der Waals surface area contributed by atoms with Crippen LogP contribution in [0.15, 0.2) is 53.5 Å². The fourth-order valence-corrected chi connectivity index (χ4v) is 4.75. The molecule has 1 saturated heterocycles. The third-order valence-corrected chi connectivity index (χ3v) is 5.93. The molecule has 4 rings (SSSR count). The second kappa shape index (κ2) is 6.98. The zero-order valence-electron chi connectivity index (χ0n) is 17.0. The first-order valence-electron chi connectivity index (χ1n) is 9.77. The lowest BCUT2D eigenvalue weighted by atomic mass is 9.79. The molecule has 1 fully saturated rings. The van der Waals surface area contributed by atoms with Crippen LogP contribution in [-0.4, -0.2) is 28.7 Å². The molecule has 0 unspecified atom stereocenters. The average molecular weight is 394 g/mol. The maximum absolute atomic E-state index is 6.06. The van der Waals surface area contributed by atoms with E-state index in [2.05, 4.69) is 74.3 Å². The molecule has 0 saturated carbocycles. The molecule has 2 aliphatic heterocycles. The minimum atomic E-state index is -0.338. The molecule has 146 valence electrons. The van der Waals surface area contributed by atoms with Gasteiger partial charge in [-0.3, -0.25) is 0 Å². The molecule has 0 aromatic heterocycles. The number of para-hydroxylation sites is 1. The number of anilines is 2. The lowest BCUT2D eigenvalue weighted by molar-refractivity contribution is -0.0661. The van der Waals surface area contributed by atoms with E-state index in [1.165, 1.54) is 11.1 Å². The van der Waals surface area contributed by atoms with Gasteiger partial charge in [0.2, 0.25) is 5.11 Å². The summed E-state index contributed by atoms with van der Waals surface area (Å²) in [5, 5.41) is 4.23. The molecule has 1 spiro atoms. The van der Waals surface area contributed by atoms with E-state index in [1.54, 1.807) is 0 Å². The highest BCUT2D eigenvalue weighted by molar-refractivity contribution is 7.80. The first-order valence-corrected chi connectivity index (χ1v) is 10.2. The molecule has 2 aromatic rings. The second-order valence-electron chi connectivity index (χ2n) is 8.42. The van der Waals surface area contributed by atoms with E-state index < -0.39 is 0 Å². The van der Waals surface area contributed by atoms with E-state index in [1.807, 2.05) is 12.1 Å². The van der Waals surface area contributed by atoms with Crippen LogP contribution in [0.25, 0.3) is 0 Å². The van der Waals surface area contributed by atoms with E-state index in [9.17, 15) is 0 Å². The largest absolute Gasteiger partial charge is 0.375 e. The van der Waals surface area contributed by atoms with Gasteiger partial charge >= 0.3 is 0 Å². The Kier molecular flexibility index (Phi) is 4.76. The van der Waals surface area contributed by atoms with Crippen LogP contribution in [0, 0.1) is 13.8 Å². The number of nitrogens with one attached hydrogen (secondary N) is 1. The number of amidine groups is 1. The van der Waals surface area contributed by atoms with Gasteiger partial charge in [0.25, 0.3) is 0 Å². The number of hydrogen-bond donors (Lipinski definition) is 1. The van der Waals surface area contributed by atoms with Gasteiger partial charge in [-0.25, -0.2) is 4.99 Å².